The highest BCUT2D eigenvalue weighted by atomic mass is 28.4. The lowest BCUT2D eigenvalue weighted by molar-refractivity contribution is -0.191. The third-order valence-corrected chi connectivity index (χ3v) is 11.9. The molecule has 4 atom stereocenters. The van der Waals surface area contributed by atoms with Gasteiger partial charge in [0.15, 0.2) is 14.1 Å². The number of esters is 1. The fraction of sp³-hybridized carbons (Fsp3) is 0.615. The number of methoxy groups -OCH3 is 1. The van der Waals surface area contributed by atoms with Gasteiger partial charge in [-0.25, -0.2) is 9.48 Å². The van der Waals surface area contributed by atoms with E-state index in [0.717, 1.165) is 5.69 Å². The molecule has 192 valence electrons. The Labute approximate surface area is 209 Å². The van der Waals surface area contributed by atoms with Gasteiger partial charge in [-0.05, 0) is 51.0 Å². The van der Waals surface area contributed by atoms with E-state index in [2.05, 4.69) is 33.9 Å². The molecule has 8 nitrogen and oxygen atoms in total. The van der Waals surface area contributed by atoms with Crippen LogP contribution in [0.25, 0.3) is 5.69 Å². The summed E-state index contributed by atoms with van der Waals surface area (Å²) in [6, 6.07) is 9.68. The predicted octanol–water partition coefficient (Wildman–Crippen LogP) is 4.95. The van der Waals surface area contributed by atoms with Crippen molar-refractivity contribution in [2.24, 2.45) is 0 Å². The van der Waals surface area contributed by atoms with Gasteiger partial charge in [0.1, 0.15) is 35.7 Å². The number of hydrogen-bond donors (Lipinski definition) is 0. The van der Waals surface area contributed by atoms with Crippen LogP contribution in [0.1, 0.15) is 62.5 Å². The van der Waals surface area contributed by atoms with E-state index < -0.39 is 32.3 Å². The van der Waals surface area contributed by atoms with Gasteiger partial charge in [0.05, 0.1) is 25.1 Å². The summed E-state index contributed by atoms with van der Waals surface area (Å²) in [6.45, 7) is 17.1. The van der Waals surface area contributed by atoms with Gasteiger partial charge in [0.25, 0.3) is 0 Å². The highest BCUT2D eigenvalue weighted by Crippen LogP contribution is 2.47. The molecule has 0 amide bonds. The Morgan fingerprint density at radius 2 is 1.77 bits per heavy atom. The van der Waals surface area contributed by atoms with Crippen molar-refractivity contribution < 1.29 is 28.2 Å². The van der Waals surface area contributed by atoms with Crippen LogP contribution in [0.2, 0.25) is 18.1 Å². The van der Waals surface area contributed by atoms with Crippen LogP contribution in [0.5, 0.6) is 0 Å². The molecule has 0 N–H and O–H groups in total. The summed E-state index contributed by atoms with van der Waals surface area (Å²) in [7, 11) is -0.634. The summed E-state index contributed by atoms with van der Waals surface area (Å²) in [5.74, 6) is -1.24. The maximum atomic E-state index is 12.9. The monoisotopic (exact) mass is 502 g/mol. The van der Waals surface area contributed by atoms with E-state index in [4.69, 9.17) is 28.5 Å². The molecule has 4 rings (SSSR count). The average Bonchev–Trinajstić information content (AvgIpc) is 3.39. The van der Waals surface area contributed by atoms with Gasteiger partial charge < -0.3 is 23.4 Å². The Morgan fingerprint density at radius 3 is 2.37 bits per heavy atom. The van der Waals surface area contributed by atoms with Crippen molar-refractivity contribution in [2.75, 3.05) is 13.7 Å². The van der Waals surface area contributed by atoms with Crippen molar-refractivity contribution in [3.63, 3.8) is 0 Å². The van der Waals surface area contributed by atoms with Crippen LogP contribution >= 0.6 is 0 Å². The maximum Gasteiger partial charge on any atom is 0.341 e. The minimum absolute atomic E-state index is 0.0698. The molecule has 9 heteroatoms. The van der Waals surface area contributed by atoms with Gasteiger partial charge in [0, 0.05) is 0 Å². The number of benzene rings is 1. The molecule has 2 fully saturated rings. The summed E-state index contributed by atoms with van der Waals surface area (Å²) in [4.78, 5) is 12.9. The van der Waals surface area contributed by atoms with Gasteiger partial charge in [-0.15, -0.1) is 0 Å². The van der Waals surface area contributed by atoms with E-state index >= 15 is 0 Å². The van der Waals surface area contributed by atoms with E-state index in [1.807, 2.05) is 51.1 Å². The normalized spacial score (nSPS) is 26.1. The number of carbonyl (C=O) groups is 1. The predicted molar refractivity (Wildman–Crippen MR) is 134 cm³/mol. The van der Waals surface area contributed by atoms with Crippen molar-refractivity contribution in [3.8, 4) is 5.69 Å². The average molecular weight is 503 g/mol. The van der Waals surface area contributed by atoms with Crippen LogP contribution in [-0.4, -0.2) is 61.9 Å². The number of carbonyl (C=O) groups excluding carboxylic acids is 1. The first-order valence-corrected chi connectivity index (χ1v) is 15.0. The SMILES string of the molecule is COC(=O)c1c([C@@H]2O[C@H](CO[Si](C)(C)C(C)(C)C)[C@H]3OC(C)(C)O[C@H]32)nn(-c2ccccc2)c1C. The fourth-order valence-electron chi connectivity index (χ4n) is 4.44. The second kappa shape index (κ2) is 9.12. The summed E-state index contributed by atoms with van der Waals surface area (Å²) < 4.78 is 32.5. The van der Waals surface area contributed by atoms with E-state index in [0.29, 0.717) is 23.6 Å². The second-order valence-corrected chi connectivity index (χ2v) is 16.1. The molecular formula is C26H38N2O6Si. The number of ether oxygens (including phenoxy) is 4. The van der Waals surface area contributed by atoms with E-state index in [1.165, 1.54) is 7.11 Å². The summed E-state index contributed by atoms with van der Waals surface area (Å²) in [6.07, 6.45) is -1.73. The number of rotatable bonds is 6. The molecule has 2 saturated heterocycles. The van der Waals surface area contributed by atoms with Crippen molar-refractivity contribution in [1.82, 2.24) is 9.78 Å². The maximum absolute atomic E-state index is 12.9. The lowest BCUT2D eigenvalue weighted by Gasteiger charge is -2.37. The molecule has 3 heterocycles. The minimum Gasteiger partial charge on any atom is -0.465 e. The minimum atomic E-state index is -2.01. The second-order valence-electron chi connectivity index (χ2n) is 11.3. The first-order valence-electron chi connectivity index (χ1n) is 12.1. The van der Waals surface area contributed by atoms with Gasteiger partial charge in [0.2, 0.25) is 0 Å². The van der Waals surface area contributed by atoms with Crippen LogP contribution in [0.15, 0.2) is 30.3 Å². The Balaban J connectivity index is 1.71. The van der Waals surface area contributed by atoms with Crippen molar-refractivity contribution in [2.45, 2.75) is 89.9 Å². The lowest BCUT2D eigenvalue weighted by atomic mass is 10.0. The first-order chi connectivity index (χ1) is 16.3. The largest absolute Gasteiger partial charge is 0.465 e. The Kier molecular flexibility index (Phi) is 6.78. The fourth-order valence-corrected chi connectivity index (χ4v) is 5.46. The van der Waals surface area contributed by atoms with Crippen molar-refractivity contribution in [1.29, 1.82) is 0 Å². The summed E-state index contributed by atoms with van der Waals surface area (Å²) in [5.41, 5.74) is 2.40. The molecular weight excluding hydrogens is 464 g/mol. The van der Waals surface area contributed by atoms with Crippen molar-refractivity contribution in [3.05, 3.63) is 47.3 Å². The highest BCUT2D eigenvalue weighted by Gasteiger charge is 2.57. The quantitative estimate of drug-likeness (QED) is 0.408. The molecule has 2 aromatic rings. The summed E-state index contributed by atoms with van der Waals surface area (Å²) in [5, 5.41) is 4.91. The number of aromatic nitrogens is 2. The standard InChI is InChI=1S/C26H38N2O6Si/c1-16-19(24(29)30-7)20(27-28(16)17-13-11-10-12-14-17)22-23-21(33-26(5,6)34-23)18(32-22)15-31-35(8,9)25(2,3)4/h10-14,18,21-23H,15H2,1-9H3/t18-,21-,22+,23-/m1/s1. The molecule has 1 aromatic carbocycles. The van der Waals surface area contributed by atoms with E-state index in [9.17, 15) is 4.79 Å². The molecule has 0 aliphatic carbocycles. The van der Waals surface area contributed by atoms with Crippen LogP contribution in [-0.2, 0) is 23.4 Å². The third-order valence-electron chi connectivity index (χ3n) is 7.37. The molecule has 2 aliphatic rings. The van der Waals surface area contributed by atoms with Crippen LogP contribution < -0.4 is 0 Å². The first kappa shape index (κ1) is 26.0. The van der Waals surface area contributed by atoms with Crippen LogP contribution in [0.4, 0.5) is 0 Å². The van der Waals surface area contributed by atoms with Crippen LogP contribution in [0.3, 0.4) is 0 Å². The number of nitrogens with zero attached hydrogens (tertiary/aromatic N) is 2. The zero-order valence-corrected chi connectivity index (χ0v) is 23.2. The Hall–Kier alpha value is -2.04. The Bertz CT molecular complexity index is 1080. The molecule has 35 heavy (non-hydrogen) atoms. The number of para-hydroxylation sites is 1. The van der Waals surface area contributed by atoms with Gasteiger partial charge in [-0.1, -0.05) is 39.0 Å². The molecule has 0 radical (unpaired) electrons. The number of hydrogen-bond acceptors (Lipinski definition) is 7. The molecule has 1 aromatic heterocycles. The topological polar surface area (TPSA) is 81.0 Å². The van der Waals surface area contributed by atoms with Crippen molar-refractivity contribution >= 4 is 14.3 Å². The highest BCUT2D eigenvalue weighted by molar-refractivity contribution is 6.74. The van der Waals surface area contributed by atoms with Crippen LogP contribution in [0, 0.1) is 6.92 Å². The zero-order chi connectivity index (χ0) is 25.8. The van der Waals surface area contributed by atoms with E-state index in [-0.39, 0.29) is 17.2 Å². The van der Waals surface area contributed by atoms with Gasteiger partial charge >= 0.3 is 5.97 Å². The zero-order valence-electron chi connectivity index (χ0n) is 22.2. The Morgan fingerprint density at radius 1 is 1.14 bits per heavy atom. The number of fused-ring (bicyclic) bond motifs is 1. The van der Waals surface area contributed by atoms with E-state index in [1.54, 1.807) is 4.68 Å². The van der Waals surface area contributed by atoms with Gasteiger partial charge in [-0.3, -0.25) is 0 Å². The lowest BCUT2D eigenvalue weighted by Crippen LogP contribution is -2.44. The van der Waals surface area contributed by atoms with Gasteiger partial charge in [-0.2, -0.15) is 5.10 Å². The summed E-state index contributed by atoms with van der Waals surface area (Å²) >= 11 is 0. The third kappa shape index (κ3) is 4.84. The molecule has 0 unspecified atom stereocenters. The molecule has 0 spiro atoms. The molecule has 0 bridgehead atoms. The molecule has 2 aliphatic heterocycles. The smallest absolute Gasteiger partial charge is 0.341 e. The molecule has 0 saturated carbocycles.